The number of nitrogens with one attached hydrogen (secondary N) is 1. The molecular weight excluding hydrogens is 390 g/mol. The van der Waals surface area contributed by atoms with Gasteiger partial charge in [0.2, 0.25) is 10.9 Å². The van der Waals surface area contributed by atoms with Crippen LogP contribution in [0.4, 0.5) is 0 Å². The zero-order chi connectivity index (χ0) is 16.3. The number of ether oxygens (including phenoxy) is 1. The van der Waals surface area contributed by atoms with Gasteiger partial charge >= 0.3 is 5.56 Å². The fourth-order valence-electron chi connectivity index (χ4n) is 2.89. The van der Waals surface area contributed by atoms with Crippen LogP contribution in [-0.2, 0) is 6.61 Å². The van der Waals surface area contributed by atoms with Crippen LogP contribution in [0.2, 0.25) is 0 Å². The molecule has 1 aliphatic heterocycles. The Labute approximate surface area is 148 Å². The number of hydrogen-bond acceptors (Lipinski definition) is 4. The van der Waals surface area contributed by atoms with Crippen molar-refractivity contribution in [2.45, 2.75) is 6.61 Å². The van der Waals surface area contributed by atoms with Crippen molar-refractivity contribution in [3.63, 3.8) is 0 Å². The Balaban J connectivity index is 1.73. The van der Waals surface area contributed by atoms with E-state index in [0.29, 0.717) is 23.2 Å². The summed E-state index contributed by atoms with van der Waals surface area (Å²) in [6.07, 6.45) is 0. The van der Waals surface area contributed by atoms with Crippen LogP contribution < -0.4 is 10.3 Å². The predicted octanol–water partition coefficient (Wildman–Crippen LogP) is 4.10. The molecule has 7 heteroatoms. The summed E-state index contributed by atoms with van der Waals surface area (Å²) in [6, 6.07) is 13.8. The van der Waals surface area contributed by atoms with Crippen molar-refractivity contribution in [1.82, 2.24) is 14.8 Å². The van der Waals surface area contributed by atoms with Crippen LogP contribution in [0.15, 0.2) is 51.7 Å². The highest BCUT2D eigenvalue weighted by Gasteiger charge is 2.25. The quantitative estimate of drug-likeness (QED) is 0.524. The molecule has 0 saturated carbocycles. The number of halogens is 1. The molecule has 4 aromatic rings. The van der Waals surface area contributed by atoms with Crippen molar-refractivity contribution in [2.75, 3.05) is 0 Å². The van der Waals surface area contributed by atoms with Gasteiger partial charge in [0, 0.05) is 10.0 Å². The topological polar surface area (TPSA) is 59.9 Å². The molecule has 3 heterocycles. The third kappa shape index (κ3) is 1.98. The third-order valence-corrected chi connectivity index (χ3v) is 5.53. The van der Waals surface area contributed by atoms with Crippen molar-refractivity contribution in [2.24, 2.45) is 0 Å². The maximum Gasteiger partial charge on any atom is 0.316 e. The van der Waals surface area contributed by atoms with Crippen LogP contribution in [0.3, 0.4) is 0 Å². The zero-order valence-electron chi connectivity index (χ0n) is 12.2. The second-order valence-electron chi connectivity index (χ2n) is 5.51. The third-order valence-electron chi connectivity index (χ3n) is 4.04. The Kier molecular flexibility index (Phi) is 2.95. The highest BCUT2D eigenvalue weighted by Crippen LogP contribution is 2.35. The summed E-state index contributed by atoms with van der Waals surface area (Å²) in [5.74, 6) is 0.356. The smallest absolute Gasteiger partial charge is 0.316 e. The molecule has 5 nitrogen and oxygen atoms in total. The second kappa shape index (κ2) is 5.06. The summed E-state index contributed by atoms with van der Waals surface area (Å²) >= 11 is 4.92. The number of rotatable bonds is 1. The number of hydrogen-bond donors (Lipinski definition) is 1. The van der Waals surface area contributed by atoms with Crippen molar-refractivity contribution in [3.05, 3.63) is 62.9 Å². The number of aromatic nitrogens is 3. The number of thiazole rings is 1. The van der Waals surface area contributed by atoms with E-state index in [1.807, 2.05) is 42.5 Å². The Morgan fingerprint density at radius 2 is 2.12 bits per heavy atom. The summed E-state index contributed by atoms with van der Waals surface area (Å²) in [4.78, 5) is 17.3. The molecular formula is C17H10BrN3O2S. The summed E-state index contributed by atoms with van der Waals surface area (Å²) in [5.41, 5.74) is 3.42. The fraction of sp³-hybridized carbons (Fsp3) is 0.0588. The molecule has 0 bridgehead atoms. The van der Waals surface area contributed by atoms with E-state index in [4.69, 9.17) is 4.74 Å². The van der Waals surface area contributed by atoms with Gasteiger partial charge < -0.3 is 4.74 Å². The van der Waals surface area contributed by atoms with Gasteiger partial charge in [-0.2, -0.15) is 4.68 Å². The van der Waals surface area contributed by atoms with Crippen LogP contribution in [0.5, 0.6) is 5.75 Å². The number of H-pyrrole nitrogens is 1. The lowest BCUT2D eigenvalue weighted by Crippen LogP contribution is -2.16. The molecule has 0 unspecified atom stereocenters. The van der Waals surface area contributed by atoms with E-state index in [1.54, 1.807) is 0 Å². The average Bonchev–Trinajstić information content (AvgIpc) is 3.15. The highest BCUT2D eigenvalue weighted by atomic mass is 79.9. The van der Waals surface area contributed by atoms with Crippen LogP contribution in [0, 0.1) is 0 Å². The lowest BCUT2D eigenvalue weighted by atomic mass is 10.0. The van der Waals surface area contributed by atoms with Crippen molar-refractivity contribution in [1.29, 1.82) is 0 Å². The lowest BCUT2D eigenvalue weighted by Gasteiger charge is -2.15. The first-order valence-corrected chi connectivity index (χ1v) is 8.94. The Bertz CT molecular complexity index is 1160. The van der Waals surface area contributed by atoms with E-state index < -0.39 is 0 Å². The predicted molar refractivity (Wildman–Crippen MR) is 97.0 cm³/mol. The SMILES string of the molecule is O=c1c2c([nH]n1-c1nc3ccc(Br)cc3s1)-c1ccccc1CO2. The maximum absolute atomic E-state index is 12.7. The molecule has 0 spiro atoms. The molecule has 0 aliphatic carbocycles. The zero-order valence-corrected chi connectivity index (χ0v) is 14.6. The van der Waals surface area contributed by atoms with Gasteiger partial charge in [-0.15, -0.1) is 0 Å². The Hall–Kier alpha value is -2.38. The van der Waals surface area contributed by atoms with Gasteiger partial charge in [0.25, 0.3) is 0 Å². The molecule has 2 aromatic heterocycles. The van der Waals surface area contributed by atoms with Gasteiger partial charge in [-0.05, 0) is 23.8 Å². The normalized spacial score (nSPS) is 12.7. The van der Waals surface area contributed by atoms with E-state index in [0.717, 1.165) is 25.8 Å². The molecule has 24 heavy (non-hydrogen) atoms. The van der Waals surface area contributed by atoms with Gasteiger partial charge in [0.1, 0.15) is 12.3 Å². The van der Waals surface area contributed by atoms with E-state index in [9.17, 15) is 4.79 Å². The Morgan fingerprint density at radius 1 is 1.25 bits per heavy atom. The van der Waals surface area contributed by atoms with Crippen LogP contribution in [0.1, 0.15) is 5.56 Å². The van der Waals surface area contributed by atoms with Crippen molar-refractivity contribution < 1.29 is 4.74 Å². The number of benzene rings is 2. The minimum absolute atomic E-state index is 0.211. The largest absolute Gasteiger partial charge is 0.481 e. The molecule has 0 amide bonds. The van der Waals surface area contributed by atoms with Gasteiger partial charge in [0.15, 0.2) is 0 Å². The minimum atomic E-state index is -0.211. The maximum atomic E-state index is 12.7. The Morgan fingerprint density at radius 3 is 3.04 bits per heavy atom. The number of nitrogens with zero attached hydrogens (tertiary/aromatic N) is 2. The first kappa shape index (κ1) is 14.0. The molecule has 0 atom stereocenters. The molecule has 0 saturated heterocycles. The lowest BCUT2D eigenvalue weighted by molar-refractivity contribution is 0.299. The van der Waals surface area contributed by atoms with Crippen LogP contribution in [-0.4, -0.2) is 14.8 Å². The molecule has 0 fully saturated rings. The van der Waals surface area contributed by atoms with Gasteiger partial charge in [-0.3, -0.25) is 9.89 Å². The summed E-state index contributed by atoms with van der Waals surface area (Å²) < 4.78 is 9.15. The summed E-state index contributed by atoms with van der Waals surface area (Å²) in [7, 11) is 0. The summed E-state index contributed by atoms with van der Waals surface area (Å²) in [6.45, 7) is 0.406. The van der Waals surface area contributed by atoms with E-state index >= 15 is 0 Å². The first-order chi connectivity index (χ1) is 11.7. The van der Waals surface area contributed by atoms with Gasteiger partial charge in [-0.25, -0.2) is 4.98 Å². The number of aromatic amines is 1. The minimum Gasteiger partial charge on any atom is -0.481 e. The molecule has 0 radical (unpaired) electrons. The number of fused-ring (bicyclic) bond motifs is 4. The second-order valence-corrected chi connectivity index (χ2v) is 7.44. The van der Waals surface area contributed by atoms with Crippen molar-refractivity contribution in [3.8, 4) is 22.1 Å². The molecule has 2 aromatic carbocycles. The standard InChI is InChI=1S/C17H10BrN3O2S/c18-10-5-6-12-13(7-10)24-17(19-12)21-16(22)15-14(20-21)11-4-2-1-3-9(11)8-23-15/h1-7,20H,8H2. The molecule has 1 aliphatic rings. The molecule has 118 valence electrons. The van der Waals surface area contributed by atoms with Crippen LogP contribution >= 0.6 is 27.3 Å². The van der Waals surface area contributed by atoms with E-state index in [2.05, 4.69) is 26.0 Å². The molecule has 5 rings (SSSR count). The van der Waals surface area contributed by atoms with Crippen LogP contribution in [0.25, 0.3) is 26.6 Å². The molecule has 1 N–H and O–H groups in total. The highest BCUT2D eigenvalue weighted by molar-refractivity contribution is 9.10. The van der Waals surface area contributed by atoms with E-state index in [-0.39, 0.29) is 5.56 Å². The van der Waals surface area contributed by atoms with Gasteiger partial charge in [0.05, 0.1) is 10.2 Å². The van der Waals surface area contributed by atoms with E-state index in [1.165, 1.54) is 16.0 Å². The van der Waals surface area contributed by atoms with Gasteiger partial charge in [-0.1, -0.05) is 51.5 Å². The fourth-order valence-corrected chi connectivity index (χ4v) is 4.37. The first-order valence-electron chi connectivity index (χ1n) is 7.33. The monoisotopic (exact) mass is 399 g/mol. The summed E-state index contributed by atoms with van der Waals surface area (Å²) in [5, 5.41) is 3.77. The van der Waals surface area contributed by atoms with Crippen molar-refractivity contribution >= 4 is 37.5 Å². The average molecular weight is 400 g/mol.